The van der Waals surface area contributed by atoms with Crippen LogP contribution in [0.25, 0.3) is 0 Å². The van der Waals surface area contributed by atoms with E-state index in [-0.39, 0.29) is 24.1 Å². The lowest BCUT2D eigenvalue weighted by Crippen LogP contribution is -2.20. The molecule has 0 radical (unpaired) electrons. The van der Waals surface area contributed by atoms with E-state index in [2.05, 4.69) is 13.2 Å². The van der Waals surface area contributed by atoms with Gasteiger partial charge >= 0.3 is 5.97 Å². The van der Waals surface area contributed by atoms with Crippen molar-refractivity contribution in [3.8, 4) is 0 Å². The van der Waals surface area contributed by atoms with E-state index in [9.17, 15) is 4.79 Å². The third-order valence-electron chi connectivity index (χ3n) is 3.26. The second-order valence-corrected chi connectivity index (χ2v) is 4.57. The molecule has 0 aromatic heterocycles. The lowest BCUT2D eigenvalue weighted by atomic mass is 10.0. The summed E-state index contributed by atoms with van der Waals surface area (Å²) in [6.07, 6.45) is 4.28. The zero-order valence-electron chi connectivity index (χ0n) is 10.8. The number of carbonyl (C=O) groups excluding carboxylic acids is 1. The molecule has 1 aromatic carbocycles. The highest BCUT2D eigenvalue weighted by Gasteiger charge is 2.32. The van der Waals surface area contributed by atoms with E-state index in [0.717, 1.165) is 6.42 Å². The topological polar surface area (TPSA) is 35.5 Å². The van der Waals surface area contributed by atoms with Crippen LogP contribution in [0.3, 0.4) is 0 Å². The molecule has 0 bridgehead atoms. The van der Waals surface area contributed by atoms with E-state index in [1.165, 1.54) is 0 Å². The Morgan fingerprint density at radius 3 is 2.68 bits per heavy atom. The Balaban J connectivity index is 1.90. The van der Waals surface area contributed by atoms with Crippen molar-refractivity contribution in [1.29, 1.82) is 0 Å². The number of rotatable bonds is 5. The Bertz CT molecular complexity index is 452. The summed E-state index contributed by atoms with van der Waals surface area (Å²) in [5.74, 6) is -0.154. The van der Waals surface area contributed by atoms with Gasteiger partial charge in [-0.1, -0.05) is 30.4 Å². The first-order valence-corrected chi connectivity index (χ1v) is 6.37. The SMILES string of the molecule is C=CC1CC(COC(=O)c2ccccc2)C(C=C)O1. The molecule has 100 valence electrons. The van der Waals surface area contributed by atoms with Crippen molar-refractivity contribution >= 4 is 5.97 Å². The van der Waals surface area contributed by atoms with Gasteiger partial charge in [-0.25, -0.2) is 4.79 Å². The molecule has 1 aliphatic heterocycles. The molecule has 1 fully saturated rings. The van der Waals surface area contributed by atoms with Crippen molar-refractivity contribution in [1.82, 2.24) is 0 Å². The number of hydrogen-bond acceptors (Lipinski definition) is 3. The Morgan fingerprint density at radius 1 is 1.32 bits per heavy atom. The molecule has 1 aromatic rings. The molecule has 2 rings (SSSR count). The highest BCUT2D eigenvalue weighted by molar-refractivity contribution is 5.89. The second-order valence-electron chi connectivity index (χ2n) is 4.57. The summed E-state index contributed by atoms with van der Waals surface area (Å²) in [5.41, 5.74) is 0.567. The van der Waals surface area contributed by atoms with Gasteiger partial charge < -0.3 is 9.47 Å². The largest absolute Gasteiger partial charge is 0.462 e. The molecule has 0 N–H and O–H groups in total. The highest BCUT2D eigenvalue weighted by Crippen LogP contribution is 2.28. The normalized spacial score (nSPS) is 25.8. The summed E-state index contributed by atoms with van der Waals surface area (Å²) in [6, 6.07) is 8.98. The molecule has 3 unspecified atom stereocenters. The molecule has 19 heavy (non-hydrogen) atoms. The Labute approximate surface area is 113 Å². The highest BCUT2D eigenvalue weighted by atomic mass is 16.5. The minimum absolute atomic E-state index is 0.0171. The Hall–Kier alpha value is -1.87. The zero-order chi connectivity index (χ0) is 13.7. The first-order chi connectivity index (χ1) is 9.24. The minimum atomic E-state index is -0.300. The van der Waals surface area contributed by atoms with Crippen molar-refractivity contribution in [2.24, 2.45) is 5.92 Å². The van der Waals surface area contributed by atoms with E-state index in [4.69, 9.17) is 9.47 Å². The third-order valence-corrected chi connectivity index (χ3v) is 3.26. The lowest BCUT2D eigenvalue weighted by molar-refractivity contribution is 0.0357. The van der Waals surface area contributed by atoms with Gasteiger partial charge in [-0.05, 0) is 18.6 Å². The molecule has 3 atom stereocenters. The average Bonchev–Trinajstić information content (AvgIpc) is 2.88. The van der Waals surface area contributed by atoms with Gasteiger partial charge in [0.05, 0.1) is 24.4 Å². The van der Waals surface area contributed by atoms with Crippen LogP contribution in [0, 0.1) is 5.92 Å². The number of hydrogen-bond donors (Lipinski definition) is 0. The molecule has 0 aliphatic carbocycles. The van der Waals surface area contributed by atoms with E-state index < -0.39 is 0 Å². The van der Waals surface area contributed by atoms with Crippen LogP contribution in [-0.2, 0) is 9.47 Å². The summed E-state index contributed by atoms with van der Waals surface area (Å²) in [6.45, 7) is 7.81. The summed E-state index contributed by atoms with van der Waals surface area (Å²) in [4.78, 5) is 11.8. The first-order valence-electron chi connectivity index (χ1n) is 6.37. The quantitative estimate of drug-likeness (QED) is 0.601. The molecule has 1 heterocycles. The molecule has 3 nitrogen and oxygen atoms in total. The van der Waals surface area contributed by atoms with Gasteiger partial charge in [0.2, 0.25) is 0 Å². The first kappa shape index (κ1) is 13.6. The van der Waals surface area contributed by atoms with Gasteiger partial charge in [0.1, 0.15) is 0 Å². The number of ether oxygens (including phenoxy) is 2. The van der Waals surface area contributed by atoms with Crippen LogP contribution >= 0.6 is 0 Å². The molecule has 0 spiro atoms. The second kappa shape index (κ2) is 6.34. The van der Waals surface area contributed by atoms with Crippen LogP contribution < -0.4 is 0 Å². The van der Waals surface area contributed by atoms with Crippen LogP contribution in [0.1, 0.15) is 16.8 Å². The number of benzene rings is 1. The maximum absolute atomic E-state index is 11.8. The molecule has 1 saturated heterocycles. The van der Waals surface area contributed by atoms with Crippen molar-refractivity contribution in [3.05, 3.63) is 61.2 Å². The van der Waals surface area contributed by atoms with Crippen LogP contribution in [0.5, 0.6) is 0 Å². The fourth-order valence-electron chi connectivity index (χ4n) is 2.20. The van der Waals surface area contributed by atoms with E-state index >= 15 is 0 Å². The molecule has 0 amide bonds. The molecule has 0 saturated carbocycles. The lowest BCUT2D eigenvalue weighted by Gasteiger charge is -2.14. The van der Waals surface area contributed by atoms with Crippen LogP contribution in [0.15, 0.2) is 55.6 Å². The van der Waals surface area contributed by atoms with Crippen molar-refractivity contribution in [3.63, 3.8) is 0 Å². The van der Waals surface area contributed by atoms with Gasteiger partial charge in [-0.3, -0.25) is 0 Å². The third kappa shape index (κ3) is 3.32. The molecule has 3 heteroatoms. The average molecular weight is 258 g/mol. The summed E-state index contributed by atoms with van der Waals surface area (Å²) >= 11 is 0. The summed E-state index contributed by atoms with van der Waals surface area (Å²) < 4.78 is 11.0. The predicted molar refractivity (Wildman–Crippen MR) is 73.9 cm³/mol. The maximum Gasteiger partial charge on any atom is 0.338 e. The fourth-order valence-corrected chi connectivity index (χ4v) is 2.20. The predicted octanol–water partition coefficient (Wildman–Crippen LogP) is 2.99. The van der Waals surface area contributed by atoms with Crippen LogP contribution in [0.2, 0.25) is 0 Å². The van der Waals surface area contributed by atoms with E-state index in [1.807, 2.05) is 18.2 Å². The Morgan fingerprint density at radius 2 is 2.05 bits per heavy atom. The van der Waals surface area contributed by atoms with Gasteiger partial charge in [0.15, 0.2) is 0 Å². The van der Waals surface area contributed by atoms with Gasteiger partial charge in [0.25, 0.3) is 0 Å². The standard InChI is InChI=1S/C16H18O3/c1-3-14-10-13(15(4-2)19-14)11-18-16(17)12-8-6-5-7-9-12/h3-9,13-15H,1-2,10-11H2. The molecular weight excluding hydrogens is 240 g/mol. The molecule has 1 aliphatic rings. The van der Waals surface area contributed by atoms with Crippen molar-refractivity contribution in [2.45, 2.75) is 18.6 Å². The van der Waals surface area contributed by atoms with E-state index in [1.54, 1.807) is 24.3 Å². The van der Waals surface area contributed by atoms with Gasteiger partial charge in [0, 0.05) is 5.92 Å². The molecular formula is C16H18O3. The smallest absolute Gasteiger partial charge is 0.338 e. The maximum atomic E-state index is 11.8. The van der Waals surface area contributed by atoms with Crippen LogP contribution in [0.4, 0.5) is 0 Å². The zero-order valence-corrected chi connectivity index (χ0v) is 10.8. The summed E-state index contributed by atoms with van der Waals surface area (Å²) in [7, 11) is 0. The van der Waals surface area contributed by atoms with Gasteiger partial charge in [-0.2, -0.15) is 0 Å². The van der Waals surface area contributed by atoms with Gasteiger partial charge in [-0.15, -0.1) is 13.2 Å². The minimum Gasteiger partial charge on any atom is -0.462 e. The Kier molecular flexibility index (Phi) is 4.53. The fraction of sp³-hybridized carbons (Fsp3) is 0.312. The number of esters is 1. The van der Waals surface area contributed by atoms with Crippen LogP contribution in [-0.4, -0.2) is 24.8 Å². The van der Waals surface area contributed by atoms with Crippen molar-refractivity contribution in [2.75, 3.05) is 6.61 Å². The number of carbonyl (C=O) groups is 1. The monoisotopic (exact) mass is 258 g/mol. The van der Waals surface area contributed by atoms with Crippen molar-refractivity contribution < 1.29 is 14.3 Å². The van der Waals surface area contributed by atoms with E-state index in [0.29, 0.717) is 12.2 Å². The summed E-state index contributed by atoms with van der Waals surface area (Å²) in [5, 5.41) is 0.